The number of ether oxygens (including phenoxy) is 3. The normalized spacial score (nSPS) is 11.0. The van der Waals surface area contributed by atoms with Gasteiger partial charge < -0.3 is 14.2 Å². The van der Waals surface area contributed by atoms with Crippen molar-refractivity contribution in [3.8, 4) is 17.2 Å². The van der Waals surface area contributed by atoms with Crippen LogP contribution in [0.15, 0.2) is 48.5 Å². The van der Waals surface area contributed by atoms with Crippen molar-refractivity contribution in [3.05, 3.63) is 71.5 Å². The van der Waals surface area contributed by atoms with Crippen LogP contribution >= 0.6 is 0 Å². The Kier molecular flexibility index (Phi) is 5.14. The van der Waals surface area contributed by atoms with E-state index in [9.17, 15) is 18.0 Å². The Bertz CT molecular complexity index is 1350. The summed E-state index contributed by atoms with van der Waals surface area (Å²) < 4.78 is 59.4. The maximum atomic E-state index is 14.1. The molecule has 5 nitrogen and oxygen atoms in total. The average molecular weight is 428 g/mol. The molecule has 0 radical (unpaired) electrons. The van der Waals surface area contributed by atoms with E-state index in [2.05, 4.69) is 0 Å². The molecule has 1 aromatic heterocycles. The third kappa shape index (κ3) is 3.30. The molecule has 0 amide bonds. The molecule has 4 rings (SSSR count). The Hall–Kier alpha value is -3.81. The van der Waals surface area contributed by atoms with Crippen molar-refractivity contribution in [1.82, 2.24) is 0 Å². The van der Waals surface area contributed by atoms with Gasteiger partial charge in [0.05, 0.1) is 31.2 Å². The van der Waals surface area contributed by atoms with Crippen molar-refractivity contribution in [1.29, 1.82) is 0 Å². The topological polar surface area (TPSA) is 48.6 Å². The quantitative estimate of drug-likeness (QED) is 0.158. The zero-order chi connectivity index (χ0) is 22.3. The summed E-state index contributed by atoms with van der Waals surface area (Å²) in [7, 11) is 4.74. The number of nitrogens with zero attached hydrogens (tertiary/aromatic N) is 1. The van der Waals surface area contributed by atoms with Crippen molar-refractivity contribution >= 4 is 27.8 Å². The number of hydrogen-bond acceptors (Lipinski definition) is 4. The molecule has 158 valence electrons. The molecule has 0 fully saturated rings. The maximum absolute atomic E-state index is 14.1. The van der Waals surface area contributed by atoms with Gasteiger partial charge >= 0.3 is 5.97 Å². The summed E-state index contributed by atoms with van der Waals surface area (Å²) >= 11 is 0. The van der Waals surface area contributed by atoms with E-state index in [0.29, 0.717) is 45.4 Å². The number of fused-ring (bicyclic) bond motifs is 2. The molecule has 3 aromatic carbocycles. The predicted octanol–water partition coefficient (Wildman–Crippen LogP) is 4.47. The molecule has 0 N–H and O–H groups in total. The van der Waals surface area contributed by atoms with E-state index in [0.717, 1.165) is 0 Å². The van der Waals surface area contributed by atoms with Gasteiger partial charge in [-0.25, -0.2) is 13.6 Å². The predicted molar refractivity (Wildman–Crippen MR) is 107 cm³/mol. The number of halogens is 3. The number of aryl methyl sites for hydroxylation is 1. The summed E-state index contributed by atoms with van der Waals surface area (Å²) in [6.07, 6.45) is 0. The van der Waals surface area contributed by atoms with Crippen LogP contribution < -0.4 is 18.8 Å². The van der Waals surface area contributed by atoms with E-state index < -0.39 is 29.2 Å². The Morgan fingerprint density at radius 3 is 2.35 bits per heavy atom. The van der Waals surface area contributed by atoms with Crippen LogP contribution in [-0.2, 0) is 7.05 Å². The lowest BCUT2D eigenvalue weighted by atomic mass is 10.0. The van der Waals surface area contributed by atoms with Gasteiger partial charge in [0.15, 0.2) is 11.6 Å². The van der Waals surface area contributed by atoms with E-state index in [4.69, 9.17) is 14.2 Å². The molecule has 8 heteroatoms. The van der Waals surface area contributed by atoms with Gasteiger partial charge in [-0.3, -0.25) is 0 Å². The molecule has 0 atom stereocenters. The van der Waals surface area contributed by atoms with Gasteiger partial charge in [0, 0.05) is 6.07 Å². The summed E-state index contributed by atoms with van der Waals surface area (Å²) in [4.78, 5) is 13.2. The average Bonchev–Trinajstić information content (AvgIpc) is 2.79. The summed E-state index contributed by atoms with van der Waals surface area (Å²) in [5, 5.41) is 0.815. The first kappa shape index (κ1) is 20.5. The standard InChI is InChI=1S/C23H17F3NO4/c1-27-16-5-4-6-18(30-3)20(16)19(13-8-7-12(29-2)11-17(13)27)23(28)31-22-15(25)10-9-14(24)21(22)26/h4-11H,1-3H3/q+1. The van der Waals surface area contributed by atoms with E-state index in [1.807, 2.05) is 4.57 Å². The molecule has 0 aliphatic heterocycles. The fourth-order valence-electron chi connectivity index (χ4n) is 3.57. The van der Waals surface area contributed by atoms with Crippen molar-refractivity contribution in [2.45, 2.75) is 0 Å². The number of rotatable bonds is 4. The molecule has 0 aliphatic carbocycles. The lowest BCUT2D eigenvalue weighted by Gasteiger charge is -2.13. The van der Waals surface area contributed by atoms with E-state index in [1.165, 1.54) is 14.2 Å². The Balaban J connectivity index is 2.04. The van der Waals surface area contributed by atoms with Gasteiger partial charge in [-0.05, 0) is 30.3 Å². The van der Waals surface area contributed by atoms with E-state index in [-0.39, 0.29) is 5.56 Å². The summed E-state index contributed by atoms with van der Waals surface area (Å²) in [5.74, 6) is -5.38. The third-order valence-electron chi connectivity index (χ3n) is 5.07. The number of carbonyl (C=O) groups excluding carboxylic acids is 1. The molecule has 4 aromatic rings. The van der Waals surface area contributed by atoms with Crippen LogP contribution in [0.2, 0.25) is 0 Å². The highest BCUT2D eigenvalue weighted by Crippen LogP contribution is 2.34. The first-order valence-electron chi connectivity index (χ1n) is 9.19. The maximum Gasteiger partial charge on any atom is 0.345 e. The highest BCUT2D eigenvalue weighted by atomic mass is 19.2. The van der Waals surface area contributed by atoms with Gasteiger partial charge in [0.2, 0.25) is 22.6 Å². The number of esters is 1. The molecule has 0 spiro atoms. The lowest BCUT2D eigenvalue weighted by molar-refractivity contribution is -0.617. The Labute approximate surface area is 175 Å². The minimum absolute atomic E-state index is 0.0197. The Morgan fingerprint density at radius 1 is 0.903 bits per heavy atom. The number of methoxy groups -OCH3 is 2. The minimum Gasteiger partial charge on any atom is -0.497 e. The van der Waals surface area contributed by atoms with Crippen LogP contribution in [0, 0.1) is 17.5 Å². The lowest BCUT2D eigenvalue weighted by Crippen LogP contribution is -2.31. The van der Waals surface area contributed by atoms with Crippen LogP contribution in [0.1, 0.15) is 10.4 Å². The number of hydrogen-bond donors (Lipinski definition) is 0. The van der Waals surface area contributed by atoms with Gasteiger partial charge in [-0.2, -0.15) is 8.96 Å². The number of carbonyl (C=O) groups is 1. The van der Waals surface area contributed by atoms with Crippen LogP contribution in [-0.4, -0.2) is 20.2 Å². The van der Waals surface area contributed by atoms with E-state index >= 15 is 0 Å². The Morgan fingerprint density at radius 2 is 1.65 bits per heavy atom. The second kappa shape index (κ2) is 7.79. The monoisotopic (exact) mass is 428 g/mol. The van der Waals surface area contributed by atoms with Gasteiger partial charge in [0.1, 0.15) is 23.9 Å². The zero-order valence-electron chi connectivity index (χ0n) is 16.8. The SMILES string of the molecule is COc1ccc2c(C(=O)Oc3c(F)ccc(F)c3F)c3c(OC)cccc3[n+](C)c2c1. The van der Waals surface area contributed by atoms with Crippen molar-refractivity contribution < 1.29 is 36.7 Å². The molecule has 0 unspecified atom stereocenters. The molecule has 0 saturated heterocycles. The van der Waals surface area contributed by atoms with Crippen LogP contribution in [0.25, 0.3) is 21.8 Å². The number of aromatic nitrogens is 1. The fourth-order valence-corrected chi connectivity index (χ4v) is 3.57. The molecule has 1 heterocycles. The highest BCUT2D eigenvalue weighted by Gasteiger charge is 2.29. The van der Waals surface area contributed by atoms with Crippen molar-refractivity contribution in [2.24, 2.45) is 7.05 Å². The first-order valence-corrected chi connectivity index (χ1v) is 9.19. The van der Waals surface area contributed by atoms with Gasteiger partial charge in [0.25, 0.3) is 0 Å². The number of pyridine rings is 1. The molecule has 31 heavy (non-hydrogen) atoms. The summed E-state index contributed by atoms with van der Waals surface area (Å²) in [6.45, 7) is 0. The fraction of sp³-hybridized carbons (Fsp3) is 0.130. The smallest absolute Gasteiger partial charge is 0.345 e. The van der Waals surface area contributed by atoms with Crippen molar-refractivity contribution in [2.75, 3.05) is 14.2 Å². The molecular weight excluding hydrogens is 411 g/mol. The molecule has 0 saturated carbocycles. The molecule has 0 aliphatic rings. The largest absolute Gasteiger partial charge is 0.497 e. The summed E-state index contributed by atoms with van der Waals surface area (Å²) in [6, 6.07) is 11.5. The molecular formula is C23H17F3NO4+. The van der Waals surface area contributed by atoms with Crippen LogP contribution in [0.5, 0.6) is 17.2 Å². The van der Waals surface area contributed by atoms with Crippen LogP contribution in [0.3, 0.4) is 0 Å². The van der Waals surface area contributed by atoms with Gasteiger partial charge in [-0.15, -0.1) is 0 Å². The second-order valence-electron chi connectivity index (χ2n) is 6.73. The van der Waals surface area contributed by atoms with Gasteiger partial charge in [-0.1, -0.05) is 6.07 Å². The van der Waals surface area contributed by atoms with Crippen molar-refractivity contribution in [3.63, 3.8) is 0 Å². The second-order valence-corrected chi connectivity index (χ2v) is 6.73. The first-order chi connectivity index (χ1) is 14.9. The van der Waals surface area contributed by atoms with Crippen LogP contribution in [0.4, 0.5) is 13.2 Å². The van der Waals surface area contributed by atoms with E-state index in [1.54, 1.807) is 43.4 Å². The number of benzene rings is 3. The molecule has 0 bridgehead atoms. The third-order valence-corrected chi connectivity index (χ3v) is 5.07. The highest BCUT2D eigenvalue weighted by molar-refractivity contribution is 6.15. The zero-order valence-corrected chi connectivity index (χ0v) is 16.8. The summed E-state index contributed by atoms with van der Waals surface area (Å²) in [5.41, 5.74) is 1.23. The minimum atomic E-state index is -1.59.